The summed E-state index contributed by atoms with van der Waals surface area (Å²) < 4.78 is 0. The van der Waals surface area contributed by atoms with Crippen LogP contribution in [0.5, 0.6) is 0 Å². The molecule has 1 aliphatic carbocycles. The smallest absolute Gasteiger partial charge is 0.335 e. The Morgan fingerprint density at radius 3 is 2.65 bits per heavy atom. The maximum absolute atomic E-state index is 11.0. The van der Waals surface area contributed by atoms with E-state index >= 15 is 0 Å². The third-order valence-corrected chi connectivity index (χ3v) is 3.75. The van der Waals surface area contributed by atoms with Crippen molar-refractivity contribution < 1.29 is 14.8 Å². The van der Waals surface area contributed by atoms with E-state index in [1.165, 1.54) is 37.5 Å². The molecule has 2 N–H and O–H groups in total. The van der Waals surface area contributed by atoms with Gasteiger partial charge < -0.3 is 10.4 Å². The number of carboxylic acids is 1. The molecular weight excluding hydrogens is 260 g/mol. The second-order valence-corrected chi connectivity index (χ2v) is 5.18. The molecule has 0 saturated heterocycles. The average molecular weight is 278 g/mol. The highest BCUT2D eigenvalue weighted by Crippen LogP contribution is 2.28. The van der Waals surface area contributed by atoms with Crippen LogP contribution in [0, 0.1) is 16.0 Å². The van der Waals surface area contributed by atoms with Crippen molar-refractivity contribution in [3.8, 4) is 0 Å². The number of benzene rings is 1. The van der Waals surface area contributed by atoms with Gasteiger partial charge in [-0.05, 0) is 30.9 Å². The van der Waals surface area contributed by atoms with Gasteiger partial charge >= 0.3 is 5.97 Å². The summed E-state index contributed by atoms with van der Waals surface area (Å²) in [7, 11) is 0. The molecule has 1 aromatic rings. The van der Waals surface area contributed by atoms with Gasteiger partial charge in [-0.3, -0.25) is 10.1 Å². The number of carboxylic acid groups (broad SMARTS) is 1. The fourth-order valence-corrected chi connectivity index (χ4v) is 2.62. The van der Waals surface area contributed by atoms with Crippen LogP contribution in [-0.2, 0) is 0 Å². The van der Waals surface area contributed by atoms with Crippen molar-refractivity contribution in [2.45, 2.75) is 32.1 Å². The van der Waals surface area contributed by atoms with Crippen LogP contribution in [0.1, 0.15) is 42.5 Å². The standard InChI is InChI=1S/C14H18N2O4/c17-14(18)11-6-7-13(16(19)20)12(8-11)15-9-10-4-2-1-3-5-10/h6-8,10,15H,1-5,9H2,(H,17,18). The molecular formula is C14H18N2O4. The lowest BCUT2D eigenvalue weighted by Crippen LogP contribution is -2.17. The number of hydrogen-bond donors (Lipinski definition) is 2. The van der Waals surface area contributed by atoms with Gasteiger partial charge in [0.1, 0.15) is 5.69 Å². The summed E-state index contributed by atoms with van der Waals surface area (Å²) in [5.74, 6) is -0.572. The lowest BCUT2D eigenvalue weighted by atomic mass is 9.89. The average Bonchev–Trinajstić information content (AvgIpc) is 2.45. The first-order valence-electron chi connectivity index (χ1n) is 6.83. The first kappa shape index (κ1) is 14.3. The molecule has 1 fully saturated rings. The minimum absolute atomic E-state index is 0.0572. The Morgan fingerprint density at radius 2 is 2.05 bits per heavy atom. The molecule has 0 aromatic heterocycles. The monoisotopic (exact) mass is 278 g/mol. The van der Waals surface area contributed by atoms with E-state index in [1.54, 1.807) is 0 Å². The van der Waals surface area contributed by atoms with E-state index in [2.05, 4.69) is 5.32 Å². The van der Waals surface area contributed by atoms with Crippen LogP contribution in [0.2, 0.25) is 0 Å². The van der Waals surface area contributed by atoms with Crippen LogP contribution in [0.3, 0.4) is 0 Å². The number of aromatic carboxylic acids is 1. The molecule has 0 heterocycles. The van der Waals surface area contributed by atoms with E-state index in [1.807, 2.05) is 0 Å². The summed E-state index contributed by atoms with van der Waals surface area (Å²) >= 11 is 0. The number of anilines is 1. The molecule has 0 unspecified atom stereocenters. The maximum atomic E-state index is 11.0. The van der Waals surface area contributed by atoms with Crippen molar-refractivity contribution >= 4 is 17.3 Å². The van der Waals surface area contributed by atoms with E-state index < -0.39 is 10.9 Å². The third kappa shape index (κ3) is 3.46. The molecule has 1 aliphatic rings. The predicted octanol–water partition coefficient (Wildman–Crippen LogP) is 3.29. The van der Waals surface area contributed by atoms with Crippen LogP contribution in [0.4, 0.5) is 11.4 Å². The van der Waals surface area contributed by atoms with E-state index in [0.29, 0.717) is 18.2 Å². The quantitative estimate of drug-likeness (QED) is 0.637. The largest absolute Gasteiger partial charge is 0.478 e. The minimum atomic E-state index is -1.08. The second-order valence-electron chi connectivity index (χ2n) is 5.18. The molecule has 6 nitrogen and oxygen atoms in total. The zero-order valence-electron chi connectivity index (χ0n) is 11.2. The SMILES string of the molecule is O=C(O)c1ccc([N+](=O)[O-])c(NCC2CCCCC2)c1. The van der Waals surface area contributed by atoms with Crippen LogP contribution < -0.4 is 5.32 Å². The van der Waals surface area contributed by atoms with E-state index in [4.69, 9.17) is 5.11 Å². The summed E-state index contributed by atoms with van der Waals surface area (Å²) in [5, 5.41) is 23.0. The zero-order valence-corrected chi connectivity index (χ0v) is 11.2. The summed E-state index contributed by atoms with van der Waals surface area (Å²) in [6.45, 7) is 0.657. The van der Waals surface area contributed by atoms with E-state index in [0.717, 1.165) is 12.8 Å². The summed E-state index contributed by atoms with van der Waals surface area (Å²) in [5.41, 5.74) is 0.271. The maximum Gasteiger partial charge on any atom is 0.335 e. The van der Waals surface area contributed by atoms with Gasteiger partial charge in [0, 0.05) is 12.6 Å². The molecule has 0 bridgehead atoms. The van der Waals surface area contributed by atoms with E-state index in [-0.39, 0.29) is 11.3 Å². The number of carbonyl (C=O) groups is 1. The second kappa shape index (κ2) is 6.36. The van der Waals surface area contributed by atoms with Gasteiger partial charge in [-0.15, -0.1) is 0 Å². The van der Waals surface area contributed by atoms with Gasteiger partial charge in [-0.25, -0.2) is 4.79 Å². The highest BCUT2D eigenvalue weighted by Gasteiger charge is 2.18. The molecule has 2 rings (SSSR count). The number of rotatable bonds is 5. The van der Waals surface area contributed by atoms with Crippen molar-refractivity contribution in [2.75, 3.05) is 11.9 Å². The van der Waals surface area contributed by atoms with Crippen molar-refractivity contribution in [1.82, 2.24) is 0 Å². The molecule has 0 radical (unpaired) electrons. The van der Waals surface area contributed by atoms with Gasteiger partial charge in [0.15, 0.2) is 0 Å². The summed E-state index contributed by atoms with van der Waals surface area (Å²) in [6, 6.07) is 3.84. The summed E-state index contributed by atoms with van der Waals surface area (Å²) in [6.07, 6.45) is 5.90. The zero-order chi connectivity index (χ0) is 14.5. The Morgan fingerprint density at radius 1 is 1.35 bits per heavy atom. The van der Waals surface area contributed by atoms with Crippen LogP contribution in [0.15, 0.2) is 18.2 Å². The molecule has 6 heteroatoms. The normalized spacial score (nSPS) is 15.8. The van der Waals surface area contributed by atoms with E-state index in [9.17, 15) is 14.9 Å². The number of nitro benzene ring substituents is 1. The fraction of sp³-hybridized carbons (Fsp3) is 0.500. The molecule has 108 valence electrons. The highest BCUT2D eigenvalue weighted by molar-refractivity contribution is 5.90. The van der Waals surface area contributed by atoms with Crippen molar-refractivity contribution in [1.29, 1.82) is 0 Å². The number of nitrogens with zero attached hydrogens (tertiary/aromatic N) is 1. The first-order valence-corrected chi connectivity index (χ1v) is 6.83. The Hall–Kier alpha value is -2.11. The number of nitro groups is 1. The first-order chi connectivity index (χ1) is 9.58. The van der Waals surface area contributed by atoms with Crippen molar-refractivity contribution in [3.05, 3.63) is 33.9 Å². The molecule has 1 aromatic carbocycles. The summed E-state index contributed by atoms with van der Waals surface area (Å²) in [4.78, 5) is 21.4. The predicted molar refractivity (Wildman–Crippen MR) is 75.1 cm³/mol. The van der Waals surface area contributed by atoms with Gasteiger partial charge in [0.05, 0.1) is 10.5 Å². The van der Waals surface area contributed by atoms with Crippen LogP contribution in [0.25, 0.3) is 0 Å². The highest BCUT2D eigenvalue weighted by atomic mass is 16.6. The molecule has 0 atom stereocenters. The van der Waals surface area contributed by atoms with Crippen LogP contribution >= 0.6 is 0 Å². The van der Waals surface area contributed by atoms with Gasteiger partial charge in [-0.2, -0.15) is 0 Å². The number of nitrogens with one attached hydrogen (secondary N) is 1. The molecule has 0 aliphatic heterocycles. The minimum Gasteiger partial charge on any atom is -0.478 e. The van der Waals surface area contributed by atoms with Crippen molar-refractivity contribution in [2.24, 2.45) is 5.92 Å². The molecule has 20 heavy (non-hydrogen) atoms. The Labute approximate surface area is 117 Å². The third-order valence-electron chi connectivity index (χ3n) is 3.75. The Balaban J connectivity index is 2.12. The Bertz CT molecular complexity index is 510. The molecule has 0 spiro atoms. The molecule has 0 amide bonds. The Kier molecular flexibility index (Phi) is 4.55. The number of hydrogen-bond acceptors (Lipinski definition) is 4. The van der Waals surface area contributed by atoms with Crippen molar-refractivity contribution in [3.63, 3.8) is 0 Å². The lowest BCUT2D eigenvalue weighted by molar-refractivity contribution is -0.384. The lowest BCUT2D eigenvalue weighted by Gasteiger charge is -2.22. The topological polar surface area (TPSA) is 92.5 Å². The molecule has 1 saturated carbocycles. The van der Waals surface area contributed by atoms with Gasteiger partial charge in [-0.1, -0.05) is 19.3 Å². The fourth-order valence-electron chi connectivity index (χ4n) is 2.62. The van der Waals surface area contributed by atoms with Gasteiger partial charge in [0.2, 0.25) is 0 Å². The van der Waals surface area contributed by atoms with Gasteiger partial charge in [0.25, 0.3) is 5.69 Å². The van der Waals surface area contributed by atoms with Crippen LogP contribution in [-0.4, -0.2) is 22.5 Å².